The Kier molecular flexibility index (Phi) is 6.52. The predicted molar refractivity (Wildman–Crippen MR) is 114 cm³/mol. The molecule has 0 bridgehead atoms. The van der Waals surface area contributed by atoms with Crippen molar-refractivity contribution in [3.63, 3.8) is 0 Å². The van der Waals surface area contributed by atoms with Gasteiger partial charge in [-0.3, -0.25) is 4.79 Å². The molecule has 0 fully saturated rings. The van der Waals surface area contributed by atoms with Crippen molar-refractivity contribution in [3.05, 3.63) is 34.9 Å². The maximum absolute atomic E-state index is 12.3. The highest BCUT2D eigenvalue weighted by atomic mass is 16.5. The first-order valence-electron chi connectivity index (χ1n) is 11.1. The van der Waals surface area contributed by atoms with E-state index in [0.29, 0.717) is 18.3 Å². The average molecular weight is 385 g/mol. The molecule has 0 unspecified atom stereocenters. The van der Waals surface area contributed by atoms with E-state index in [2.05, 4.69) is 45.9 Å². The van der Waals surface area contributed by atoms with E-state index in [4.69, 9.17) is 9.47 Å². The SMILES string of the molecule is CCCCCc1cc(OC(=O)CCC)c2c(c1)OC(C)(C)[C@@H]1CC=C(C)C[C@@H]21. The standard InChI is InChI=1S/C25H36O3/c1-6-8-9-11-18-15-21(27-23(26)10-7-2)24-19-14-17(3)12-13-20(19)25(4,5)28-22(24)16-18/h12,15-16,19-20H,6-11,13-14H2,1-5H3/t19-,20-/m1/s1. The van der Waals surface area contributed by atoms with Crippen molar-refractivity contribution in [2.75, 3.05) is 0 Å². The largest absolute Gasteiger partial charge is 0.487 e. The summed E-state index contributed by atoms with van der Waals surface area (Å²) in [6.45, 7) is 10.8. The van der Waals surface area contributed by atoms with Crippen LogP contribution in [0, 0.1) is 5.92 Å². The third kappa shape index (κ3) is 4.45. The predicted octanol–water partition coefficient (Wildman–Crippen LogP) is 6.74. The zero-order chi connectivity index (χ0) is 20.3. The Labute approximate surface area is 170 Å². The second-order valence-electron chi connectivity index (χ2n) is 9.10. The fourth-order valence-electron chi connectivity index (χ4n) is 4.79. The Morgan fingerprint density at radius 2 is 2.00 bits per heavy atom. The Hall–Kier alpha value is -1.77. The lowest BCUT2D eigenvalue weighted by Crippen LogP contribution is -2.45. The minimum absolute atomic E-state index is 0.139. The highest BCUT2D eigenvalue weighted by molar-refractivity contribution is 5.73. The van der Waals surface area contributed by atoms with Gasteiger partial charge in [-0.2, -0.15) is 0 Å². The molecule has 0 amide bonds. The van der Waals surface area contributed by atoms with Crippen LogP contribution in [0.5, 0.6) is 11.5 Å². The molecule has 2 atom stereocenters. The van der Waals surface area contributed by atoms with Crippen molar-refractivity contribution in [2.45, 2.75) is 97.5 Å². The summed E-state index contributed by atoms with van der Waals surface area (Å²) >= 11 is 0. The van der Waals surface area contributed by atoms with Crippen LogP contribution in [0.4, 0.5) is 0 Å². The van der Waals surface area contributed by atoms with Gasteiger partial charge >= 0.3 is 5.97 Å². The van der Waals surface area contributed by atoms with E-state index in [1.165, 1.54) is 24.0 Å². The third-order valence-corrected chi connectivity index (χ3v) is 6.30. The molecule has 3 nitrogen and oxygen atoms in total. The quantitative estimate of drug-likeness (QED) is 0.226. The highest BCUT2D eigenvalue weighted by Gasteiger charge is 2.46. The van der Waals surface area contributed by atoms with Crippen molar-refractivity contribution in [1.29, 1.82) is 0 Å². The van der Waals surface area contributed by atoms with Crippen LogP contribution < -0.4 is 9.47 Å². The molecule has 0 aromatic heterocycles. The molecule has 3 heteroatoms. The summed E-state index contributed by atoms with van der Waals surface area (Å²) in [4.78, 5) is 12.3. The van der Waals surface area contributed by atoms with Gasteiger partial charge in [0.1, 0.15) is 17.1 Å². The van der Waals surface area contributed by atoms with Gasteiger partial charge in [-0.1, -0.05) is 38.3 Å². The van der Waals surface area contributed by atoms with E-state index >= 15 is 0 Å². The lowest BCUT2D eigenvalue weighted by atomic mass is 9.67. The monoisotopic (exact) mass is 384 g/mol. The van der Waals surface area contributed by atoms with E-state index in [9.17, 15) is 4.79 Å². The Balaban J connectivity index is 2.03. The molecule has 1 aliphatic carbocycles. The third-order valence-electron chi connectivity index (χ3n) is 6.30. The second kappa shape index (κ2) is 8.71. The van der Waals surface area contributed by atoms with Crippen molar-refractivity contribution >= 4 is 5.97 Å². The molecular weight excluding hydrogens is 348 g/mol. The Bertz CT molecular complexity index is 744. The van der Waals surface area contributed by atoms with Crippen molar-refractivity contribution in [1.82, 2.24) is 0 Å². The first kappa shape index (κ1) is 21.0. The summed E-state index contributed by atoms with van der Waals surface area (Å²) in [5, 5.41) is 0. The zero-order valence-electron chi connectivity index (χ0n) is 18.3. The number of hydrogen-bond acceptors (Lipinski definition) is 3. The minimum Gasteiger partial charge on any atom is -0.487 e. The molecule has 1 aromatic rings. The number of fused-ring (bicyclic) bond motifs is 3. The number of unbranched alkanes of at least 4 members (excludes halogenated alkanes) is 2. The van der Waals surface area contributed by atoms with Crippen LogP contribution >= 0.6 is 0 Å². The Morgan fingerprint density at radius 1 is 1.21 bits per heavy atom. The highest BCUT2D eigenvalue weighted by Crippen LogP contribution is 2.54. The normalized spacial score (nSPS) is 22.5. The Morgan fingerprint density at radius 3 is 2.71 bits per heavy atom. The molecule has 2 aliphatic rings. The second-order valence-corrected chi connectivity index (χ2v) is 9.10. The van der Waals surface area contributed by atoms with Gasteiger partial charge in [-0.15, -0.1) is 0 Å². The van der Waals surface area contributed by atoms with Gasteiger partial charge in [0.15, 0.2) is 0 Å². The van der Waals surface area contributed by atoms with Gasteiger partial charge < -0.3 is 9.47 Å². The van der Waals surface area contributed by atoms with Crippen molar-refractivity contribution < 1.29 is 14.3 Å². The first-order valence-corrected chi connectivity index (χ1v) is 11.1. The van der Waals surface area contributed by atoms with Crippen LogP contribution in [0.15, 0.2) is 23.8 Å². The lowest BCUT2D eigenvalue weighted by Gasteiger charge is -2.47. The molecule has 0 saturated carbocycles. The zero-order valence-corrected chi connectivity index (χ0v) is 18.3. The number of ether oxygens (including phenoxy) is 2. The maximum atomic E-state index is 12.3. The number of hydrogen-bond donors (Lipinski definition) is 0. The summed E-state index contributed by atoms with van der Waals surface area (Å²) in [5.74, 6) is 2.27. The summed E-state index contributed by atoms with van der Waals surface area (Å²) < 4.78 is 12.4. The fourth-order valence-corrected chi connectivity index (χ4v) is 4.79. The smallest absolute Gasteiger partial charge is 0.311 e. The van der Waals surface area contributed by atoms with E-state index in [0.717, 1.165) is 49.2 Å². The average Bonchev–Trinajstić information content (AvgIpc) is 2.61. The fraction of sp³-hybridized carbons (Fsp3) is 0.640. The molecule has 0 saturated heterocycles. The summed E-state index contributed by atoms with van der Waals surface area (Å²) in [6, 6.07) is 4.31. The van der Waals surface area contributed by atoms with Gasteiger partial charge in [0, 0.05) is 23.8 Å². The van der Waals surface area contributed by atoms with Gasteiger partial charge in [0.2, 0.25) is 0 Å². The van der Waals surface area contributed by atoms with Gasteiger partial charge in [0.05, 0.1) is 0 Å². The van der Waals surface area contributed by atoms with E-state index < -0.39 is 0 Å². The molecule has 154 valence electrons. The molecule has 1 aliphatic heterocycles. The number of esters is 1. The number of aryl methyl sites for hydroxylation is 1. The van der Waals surface area contributed by atoms with Crippen LogP contribution in [0.25, 0.3) is 0 Å². The van der Waals surface area contributed by atoms with E-state index in [1.54, 1.807) is 0 Å². The van der Waals surface area contributed by atoms with Crippen molar-refractivity contribution in [3.8, 4) is 11.5 Å². The number of carbonyl (C=O) groups excluding carboxylic acids is 1. The van der Waals surface area contributed by atoms with Crippen LogP contribution in [-0.2, 0) is 11.2 Å². The van der Waals surface area contributed by atoms with Crippen LogP contribution in [0.1, 0.15) is 96.6 Å². The number of benzene rings is 1. The number of carbonyl (C=O) groups is 1. The van der Waals surface area contributed by atoms with Crippen molar-refractivity contribution in [2.24, 2.45) is 5.92 Å². The summed E-state index contributed by atoms with van der Waals surface area (Å²) in [5.41, 5.74) is 3.52. The molecule has 1 heterocycles. The van der Waals surface area contributed by atoms with Gasteiger partial charge in [-0.05, 0) is 70.6 Å². The van der Waals surface area contributed by atoms with E-state index in [1.807, 2.05) is 6.92 Å². The lowest BCUT2D eigenvalue weighted by molar-refractivity contribution is -0.134. The topological polar surface area (TPSA) is 35.5 Å². The number of rotatable bonds is 7. The summed E-state index contributed by atoms with van der Waals surface area (Å²) in [7, 11) is 0. The molecule has 0 spiro atoms. The van der Waals surface area contributed by atoms with Crippen LogP contribution in [0.3, 0.4) is 0 Å². The molecule has 3 rings (SSSR count). The van der Waals surface area contributed by atoms with Crippen LogP contribution in [-0.4, -0.2) is 11.6 Å². The number of allylic oxidation sites excluding steroid dienone is 2. The first-order chi connectivity index (χ1) is 13.4. The molecule has 1 aromatic carbocycles. The molecule has 0 N–H and O–H groups in total. The maximum Gasteiger partial charge on any atom is 0.311 e. The van der Waals surface area contributed by atoms with Gasteiger partial charge in [-0.25, -0.2) is 0 Å². The van der Waals surface area contributed by atoms with Crippen LogP contribution in [0.2, 0.25) is 0 Å². The molecule has 0 radical (unpaired) electrons. The van der Waals surface area contributed by atoms with E-state index in [-0.39, 0.29) is 11.6 Å². The minimum atomic E-state index is -0.221. The summed E-state index contributed by atoms with van der Waals surface area (Å²) in [6.07, 6.45) is 10.2. The molecule has 28 heavy (non-hydrogen) atoms. The van der Waals surface area contributed by atoms with Gasteiger partial charge in [0.25, 0.3) is 0 Å². The molecular formula is C25H36O3.